The Morgan fingerprint density at radius 1 is 1.24 bits per heavy atom. The molecule has 1 aliphatic heterocycles. The summed E-state index contributed by atoms with van der Waals surface area (Å²) in [5.41, 5.74) is 3.02. The zero-order valence-corrected chi connectivity index (χ0v) is 17.6. The molecule has 3 rings (SSSR count). The average molecular weight is 399 g/mol. The van der Waals surface area contributed by atoms with Gasteiger partial charge in [0, 0.05) is 18.4 Å². The van der Waals surface area contributed by atoms with Crippen LogP contribution in [-0.2, 0) is 19.0 Å². The fourth-order valence-electron chi connectivity index (χ4n) is 3.10. The Kier molecular flexibility index (Phi) is 6.87. The molecule has 2 aromatic rings. The summed E-state index contributed by atoms with van der Waals surface area (Å²) >= 11 is 0. The lowest BCUT2D eigenvalue weighted by molar-refractivity contribution is -0.273. The van der Waals surface area contributed by atoms with Crippen LogP contribution in [-0.4, -0.2) is 36.6 Å². The van der Waals surface area contributed by atoms with Crippen molar-refractivity contribution in [3.63, 3.8) is 0 Å². The molecule has 0 saturated carbocycles. The van der Waals surface area contributed by atoms with Crippen molar-refractivity contribution in [1.29, 1.82) is 0 Å². The number of hydrogen-bond donors (Lipinski definition) is 0. The standard InChI is InChI=1S/C23H29NO5/c1-5-26-22(25)23(4)27-14-18(15-28-23)8-6-7-9-20-17(3)29-21(24-20)19-12-10-16(2)11-13-19/h7,9-13,18H,5-6,8,14-15H2,1-4H3/b9-7+/t18-,23+. The molecule has 6 nitrogen and oxygen atoms in total. The van der Waals surface area contributed by atoms with E-state index >= 15 is 0 Å². The SMILES string of the molecule is CCOC(=O)[C@]1(C)OC[C@H](CC/C=C/c2nc(-c3ccc(C)cc3)oc2C)CO1. The van der Waals surface area contributed by atoms with Crippen molar-refractivity contribution in [3.8, 4) is 11.5 Å². The van der Waals surface area contributed by atoms with Crippen LogP contribution in [0.5, 0.6) is 0 Å². The topological polar surface area (TPSA) is 70.8 Å². The highest BCUT2D eigenvalue weighted by Gasteiger charge is 2.41. The lowest BCUT2D eigenvalue weighted by Crippen LogP contribution is -2.48. The summed E-state index contributed by atoms with van der Waals surface area (Å²) in [6.45, 7) is 8.61. The third-order valence-electron chi connectivity index (χ3n) is 4.98. The molecule has 29 heavy (non-hydrogen) atoms. The first kappa shape index (κ1) is 21.3. The van der Waals surface area contributed by atoms with Gasteiger partial charge in [-0.25, -0.2) is 9.78 Å². The van der Waals surface area contributed by atoms with Crippen LogP contribution in [0, 0.1) is 19.8 Å². The third kappa shape index (κ3) is 5.34. The molecule has 1 saturated heterocycles. The van der Waals surface area contributed by atoms with Crippen molar-refractivity contribution in [2.45, 2.75) is 46.3 Å². The van der Waals surface area contributed by atoms with E-state index in [2.05, 4.69) is 18.0 Å². The van der Waals surface area contributed by atoms with Gasteiger partial charge in [0.2, 0.25) is 5.89 Å². The van der Waals surface area contributed by atoms with Gasteiger partial charge in [-0.2, -0.15) is 0 Å². The maximum Gasteiger partial charge on any atom is 0.366 e. The van der Waals surface area contributed by atoms with Gasteiger partial charge in [-0.15, -0.1) is 0 Å². The first-order valence-corrected chi connectivity index (χ1v) is 10.1. The normalized spacial score (nSPS) is 22.1. The predicted octanol–water partition coefficient (Wildman–Crippen LogP) is 4.69. The molecule has 0 amide bonds. The molecule has 0 atom stereocenters. The summed E-state index contributed by atoms with van der Waals surface area (Å²) in [4.78, 5) is 16.5. The Hall–Kier alpha value is -2.44. The number of carbonyl (C=O) groups is 1. The van der Waals surface area contributed by atoms with Gasteiger partial charge in [0.25, 0.3) is 5.79 Å². The van der Waals surface area contributed by atoms with Crippen molar-refractivity contribution in [2.75, 3.05) is 19.8 Å². The predicted molar refractivity (Wildman–Crippen MR) is 110 cm³/mol. The number of carbonyl (C=O) groups excluding carboxylic acids is 1. The molecule has 1 aliphatic rings. The van der Waals surface area contributed by atoms with E-state index in [0.717, 1.165) is 29.9 Å². The largest absolute Gasteiger partial charge is 0.462 e. The van der Waals surface area contributed by atoms with Crippen molar-refractivity contribution in [1.82, 2.24) is 4.98 Å². The number of allylic oxidation sites excluding steroid dienone is 1. The van der Waals surface area contributed by atoms with E-state index in [0.29, 0.717) is 25.7 Å². The fourth-order valence-corrected chi connectivity index (χ4v) is 3.10. The average Bonchev–Trinajstić information content (AvgIpc) is 3.08. The summed E-state index contributed by atoms with van der Waals surface area (Å²) in [6.07, 6.45) is 5.84. The Morgan fingerprint density at radius 3 is 2.59 bits per heavy atom. The smallest absolute Gasteiger partial charge is 0.366 e. The number of benzene rings is 1. The molecule has 0 aliphatic carbocycles. The van der Waals surface area contributed by atoms with Crippen molar-refractivity contribution >= 4 is 12.0 Å². The quantitative estimate of drug-likeness (QED) is 0.629. The second-order valence-corrected chi connectivity index (χ2v) is 7.46. The van der Waals surface area contributed by atoms with Crippen LogP contribution in [0.15, 0.2) is 34.8 Å². The van der Waals surface area contributed by atoms with Crippen LogP contribution in [0.2, 0.25) is 0 Å². The molecule has 1 fully saturated rings. The molecular formula is C23H29NO5. The number of aryl methyl sites for hydroxylation is 2. The molecule has 6 heteroatoms. The molecule has 156 valence electrons. The van der Waals surface area contributed by atoms with Gasteiger partial charge in [0.15, 0.2) is 0 Å². The molecule has 1 aromatic heterocycles. The second-order valence-electron chi connectivity index (χ2n) is 7.46. The van der Waals surface area contributed by atoms with Crippen LogP contribution in [0.25, 0.3) is 17.5 Å². The van der Waals surface area contributed by atoms with Gasteiger partial charge in [-0.05, 0) is 51.8 Å². The number of rotatable bonds is 7. The number of oxazole rings is 1. The summed E-state index contributed by atoms with van der Waals surface area (Å²) in [5.74, 6) is -0.0826. The highest BCUT2D eigenvalue weighted by molar-refractivity contribution is 5.77. The van der Waals surface area contributed by atoms with Crippen LogP contribution in [0.3, 0.4) is 0 Å². The lowest BCUT2D eigenvalue weighted by atomic mass is 10.0. The van der Waals surface area contributed by atoms with Gasteiger partial charge < -0.3 is 18.6 Å². The van der Waals surface area contributed by atoms with Crippen LogP contribution >= 0.6 is 0 Å². The van der Waals surface area contributed by atoms with E-state index in [1.54, 1.807) is 13.8 Å². The summed E-state index contributed by atoms with van der Waals surface area (Å²) < 4.78 is 22.1. The highest BCUT2D eigenvalue weighted by atomic mass is 16.7. The second kappa shape index (κ2) is 9.37. The molecule has 0 radical (unpaired) electrons. The Labute approximate surface area is 171 Å². The van der Waals surface area contributed by atoms with E-state index in [9.17, 15) is 4.79 Å². The van der Waals surface area contributed by atoms with Gasteiger partial charge >= 0.3 is 5.97 Å². The molecule has 0 N–H and O–H groups in total. The summed E-state index contributed by atoms with van der Waals surface area (Å²) in [6, 6.07) is 8.12. The van der Waals surface area contributed by atoms with Crippen molar-refractivity contribution < 1.29 is 23.4 Å². The first-order valence-electron chi connectivity index (χ1n) is 10.1. The molecule has 0 spiro atoms. The zero-order chi connectivity index (χ0) is 20.9. The zero-order valence-electron chi connectivity index (χ0n) is 17.6. The van der Waals surface area contributed by atoms with Crippen LogP contribution < -0.4 is 0 Å². The maximum atomic E-state index is 11.9. The number of hydrogen-bond acceptors (Lipinski definition) is 6. The van der Waals surface area contributed by atoms with Crippen LogP contribution in [0.1, 0.15) is 43.7 Å². The Morgan fingerprint density at radius 2 is 1.93 bits per heavy atom. The van der Waals surface area contributed by atoms with Gasteiger partial charge in [-0.1, -0.05) is 23.8 Å². The minimum atomic E-state index is -1.29. The molecule has 2 heterocycles. The monoisotopic (exact) mass is 399 g/mol. The minimum Gasteiger partial charge on any atom is -0.462 e. The van der Waals surface area contributed by atoms with Crippen molar-refractivity contribution in [2.24, 2.45) is 5.92 Å². The van der Waals surface area contributed by atoms with Gasteiger partial charge in [-0.3, -0.25) is 0 Å². The van der Waals surface area contributed by atoms with E-state index < -0.39 is 11.8 Å². The van der Waals surface area contributed by atoms with E-state index in [1.165, 1.54) is 5.56 Å². The maximum absolute atomic E-state index is 11.9. The Balaban J connectivity index is 1.49. The number of nitrogens with zero attached hydrogens (tertiary/aromatic N) is 1. The number of ether oxygens (including phenoxy) is 3. The molecule has 1 aromatic carbocycles. The van der Waals surface area contributed by atoms with E-state index in [-0.39, 0.29) is 5.92 Å². The van der Waals surface area contributed by atoms with Gasteiger partial charge in [0.05, 0.1) is 19.8 Å². The van der Waals surface area contributed by atoms with Crippen molar-refractivity contribution in [3.05, 3.63) is 47.4 Å². The fraction of sp³-hybridized carbons (Fsp3) is 0.478. The van der Waals surface area contributed by atoms with E-state index in [4.69, 9.17) is 18.6 Å². The third-order valence-corrected chi connectivity index (χ3v) is 4.98. The molecular weight excluding hydrogens is 370 g/mol. The molecule has 0 unspecified atom stereocenters. The molecule has 0 bridgehead atoms. The Bertz CT molecular complexity index is 845. The number of esters is 1. The number of aromatic nitrogens is 1. The summed E-state index contributed by atoms with van der Waals surface area (Å²) in [7, 11) is 0. The van der Waals surface area contributed by atoms with Crippen LogP contribution in [0.4, 0.5) is 0 Å². The minimum absolute atomic E-state index is 0.240. The van der Waals surface area contributed by atoms with Gasteiger partial charge in [0.1, 0.15) is 11.5 Å². The first-order chi connectivity index (χ1) is 13.9. The summed E-state index contributed by atoms with van der Waals surface area (Å²) in [5, 5.41) is 0. The van der Waals surface area contributed by atoms with E-state index in [1.807, 2.05) is 37.3 Å². The lowest BCUT2D eigenvalue weighted by Gasteiger charge is -2.35. The highest BCUT2D eigenvalue weighted by Crippen LogP contribution is 2.26.